The number of methoxy groups -OCH3 is 3. The molecule has 0 unspecified atom stereocenters. The molecule has 24 nitrogen and oxygen atoms in total. The zero-order valence-electron chi connectivity index (χ0n) is 74.6. The molecule has 0 fully saturated rings. The highest BCUT2D eigenvalue weighted by atomic mass is 32.1. The molecule has 0 atom stereocenters. The van der Waals surface area contributed by atoms with E-state index in [1.54, 1.807) is 114 Å². The molecule has 0 saturated carbocycles. The molecule has 0 saturated heterocycles. The molecule has 12 heterocycles. The summed E-state index contributed by atoms with van der Waals surface area (Å²) in [5.74, 6) is 3.38. The first kappa shape index (κ1) is 92.3. The molecule has 656 valence electrons. The van der Waals surface area contributed by atoms with Crippen LogP contribution in [0.3, 0.4) is 0 Å². The third-order valence-electron chi connectivity index (χ3n) is 20.1. The van der Waals surface area contributed by atoms with Gasteiger partial charge in [0.25, 0.3) is 0 Å². The number of aliphatic imine (C=N–C) groups is 6. The van der Waals surface area contributed by atoms with E-state index in [0.717, 1.165) is 181 Å². The third kappa shape index (κ3) is 24.9. The van der Waals surface area contributed by atoms with Gasteiger partial charge < -0.3 is 28.6 Å². The third-order valence-corrected chi connectivity index (χ3v) is 26.2. The van der Waals surface area contributed by atoms with Crippen LogP contribution < -0.4 is 24.0 Å². The zero-order chi connectivity index (χ0) is 90.8. The number of pyridine rings is 5. The van der Waals surface area contributed by atoms with Crippen LogP contribution in [0.4, 0.5) is 11.4 Å². The molecule has 19 rings (SSSR count). The Morgan fingerprint density at radius 3 is 1.12 bits per heavy atom. The molecular formula is C100H97N21O3S6. The highest BCUT2D eigenvalue weighted by Crippen LogP contribution is 2.32. The molecule has 0 spiro atoms. The van der Waals surface area contributed by atoms with Crippen LogP contribution in [0.15, 0.2) is 291 Å². The number of aryl methyl sites for hydroxylation is 1. The molecule has 0 aliphatic rings. The fourth-order valence-electron chi connectivity index (χ4n) is 13.1. The van der Waals surface area contributed by atoms with Gasteiger partial charge in [-0.25, -0.2) is 34.9 Å². The van der Waals surface area contributed by atoms with Crippen LogP contribution in [0.1, 0.15) is 106 Å². The predicted octanol–water partition coefficient (Wildman–Crippen LogP) is 22.9. The number of hydrogen-bond donors (Lipinski definition) is 0. The molecule has 12 aromatic heterocycles. The van der Waals surface area contributed by atoms with Gasteiger partial charge in [0, 0.05) is 72.2 Å². The van der Waals surface area contributed by atoms with Crippen LogP contribution in [-0.2, 0) is 46.3 Å². The largest absolute Gasteiger partial charge is 0.497 e. The first-order valence-electron chi connectivity index (χ1n) is 41.6. The Kier molecular flexibility index (Phi) is 32.1. The van der Waals surface area contributed by atoms with Crippen molar-refractivity contribution in [3.05, 3.63) is 326 Å². The minimum absolute atomic E-state index is 0.573. The number of hydrogen-bond acceptors (Lipinski definition) is 29. The van der Waals surface area contributed by atoms with Crippen molar-refractivity contribution in [1.82, 2.24) is 64.4 Å². The van der Waals surface area contributed by atoms with E-state index in [4.69, 9.17) is 19.2 Å². The van der Waals surface area contributed by atoms with Crippen molar-refractivity contribution in [3.63, 3.8) is 0 Å². The molecule has 130 heavy (non-hydrogen) atoms. The topological polar surface area (TPSA) is 268 Å². The molecule has 0 aliphatic heterocycles. The van der Waals surface area contributed by atoms with E-state index < -0.39 is 0 Å². The minimum Gasteiger partial charge on any atom is -0.497 e. The first-order valence-corrected chi connectivity index (χ1v) is 46.5. The van der Waals surface area contributed by atoms with Crippen LogP contribution in [0, 0.1) is 0 Å². The van der Waals surface area contributed by atoms with E-state index in [1.807, 2.05) is 276 Å². The summed E-state index contributed by atoms with van der Waals surface area (Å²) < 4.78 is 24.8. The molecule has 7 aromatic carbocycles. The average molecular weight is 1830 g/mol. The maximum Gasteiger partial charge on any atom is 0.154 e. The Balaban J connectivity index is 0.000000126. The van der Waals surface area contributed by atoms with Crippen molar-refractivity contribution in [2.75, 3.05) is 59.3 Å². The van der Waals surface area contributed by atoms with Gasteiger partial charge in [-0.1, -0.05) is 72.8 Å². The number of fused-ring (bicyclic) bond motifs is 7. The summed E-state index contributed by atoms with van der Waals surface area (Å²) in [7, 11) is 15.0. The number of rotatable bonds is 23. The summed E-state index contributed by atoms with van der Waals surface area (Å²) in [6, 6.07) is 76.1. The lowest BCUT2D eigenvalue weighted by molar-refractivity contribution is 0.414. The van der Waals surface area contributed by atoms with Gasteiger partial charge in [0.1, 0.15) is 53.0 Å². The van der Waals surface area contributed by atoms with Gasteiger partial charge in [-0.2, -0.15) is 0 Å². The number of thiazole rings is 6. The lowest BCUT2D eigenvalue weighted by Gasteiger charge is -2.15. The minimum atomic E-state index is 0.573. The number of benzene rings is 7. The number of aromatic nitrogens is 13. The fourth-order valence-corrected chi connectivity index (χ4v) is 18.5. The summed E-state index contributed by atoms with van der Waals surface area (Å²) in [5, 5.41) is 6.10. The molecular weight excluding hydrogens is 1740 g/mol. The summed E-state index contributed by atoms with van der Waals surface area (Å²) >= 11 is 10.1. The van der Waals surface area contributed by atoms with Crippen molar-refractivity contribution < 1.29 is 14.2 Å². The van der Waals surface area contributed by atoms with Gasteiger partial charge >= 0.3 is 0 Å². The van der Waals surface area contributed by atoms with E-state index >= 15 is 0 Å². The Morgan fingerprint density at radius 2 is 0.677 bits per heavy atom. The molecule has 0 radical (unpaired) electrons. The highest BCUT2D eigenvalue weighted by molar-refractivity contribution is 7.20. The molecule has 0 bridgehead atoms. The second-order valence-corrected chi connectivity index (χ2v) is 36.3. The number of nitrogens with zero attached hydrogens (tertiary/aromatic N) is 21. The van der Waals surface area contributed by atoms with Crippen LogP contribution in [-0.4, -0.2) is 148 Å². The summed E-state index contributed by atoms with van der Waals surface area (Å²) in [6.07, 6.45) is 8.95. The van der Waals surface area contributed by atoms with Gasteiger partial charge in [-0.3, -0.25) is 54.9 Å². The van der Waals surface area contributed by atoms with Crippen LogP contribution in [0.25, 0.3) is 72.3 Å². The maximum atomic E-state index is 5.23. The van der Waals surface area contributed by atoms with Crippen molar-refractivity contribution in [3.8, 4) is 17.2 Å². The van der Waals surface area contributed by atoms with Crippen molar-refractivity contribution in [1.29, 1.82) is 0 Å². The Bertz CT molecular complexity index is 6940. The highest BCUT2D eigenvalue weighted by Gasteiger charge is 2.16. The number of ether oxygens (including phenoxy) is 3. The van der Waals surface area contributed by atoms with Crippen molar-refractivity contribution in [2.45, 2.75) is 80.8 Å². The monoisotopic (exact) mass is 1830 g/mol. The van der Waals surface area contributed by atoms with Gasteiger partial charge in [-0.05, 0) is 187 Å². The van der Waals surface area contributed by atoms with E-state index in [-0.39, 0.29) is 0 Å². The number of imidazole rings is 1. The van der Waals surface area contributed by atoms with Crippen LogP contribution in [0.5, 0.6) is 17.2 Å². The van der Waals surface area contributed by atoms with Crippen LogP contribution in [0.2, 0.25) is 0 Å². The first-order chi connectivity index (χ1) is 63.3. The van der Waals surface area contributed by atoms with E-state index in [2.05, 4.69) is 137 Å². The smallest absolute Gasteiger partial charge is 0.154 e. The van der Waals surface area contributed by atoms with E-state index in [1.165, 1.54) is 18.8 Å². The van der Waals surface area contributed by atoms with E-state index in [0.29, 0.717) is 39.3 Å². The van der Waals surface area contributed by atoms with Gasteiger partial charge in [0.15, 0.2) is 5.82 Å². The molecule has 0 aliphatic carbocycles. The normalized spacial score (nSPS) is 11.9. The predicted molar refractivity (Wildman–Crippen MR) is 543 cm³/mol. The van der Waals surface area contributed by atoms with Gasteiger partial charge in [0.2, 0.25) is 0 Å². The molecule has 30 heteroatoms. The molecule has 0 N–H and O–H groups in total. The quantitative estimate of drug-likeness (QED) is 0.0538. The van der Waals surface area contributed by atoms with E-state index in [9.17, 15) is 0 Å². The SMILES string of the molecule is CC(=NCc1nc2ccccc2s1)c1ccc(N(C)C)cn1.CC(=NCc1nc2ccccc2s1)c1nc2ccccc2n1C.CC(=NCc1nc2ccccc2s1)c1ncccc1N(C)C.COc1ccc2nc(CN=C(C)c3ccccn3)sc2c1.COc1ccc2sc(CN=C(C)c3ccccn3)nc2c1.COc1ccnc(C(C)=NCc2nc3ccccc3s2)c1. The lowest BCUT2D eigenvalue weighted by atomic mass is 10.2. The van der Waals surface area contributed by atoms with Gasteiger partial charge in [-0.15, -0.1) is 68.0 Å². The average Bonchev–Trinajstić information content (AvgIpc) is 1.65. The number of para-hydroxylation sites is 6. The lowest BCUT2D eigenvalue weighted by Crippen LogP contribution is -2.14. The second kappa shape index (κ2) is 45.2. The van der Waals surface area contributed by atoms with Crippen molar-refractivity contribution >= 4 is 186 Å². The number of anilines is 2. The fraction of sp³-hybridized carbons (Fsp3) is 0.200. The Hall–Kier alpha value is -13.9. The summed E-state index contributed by atoms with van der Waals surface area (Å²) in [6.45, 7) is 15.4. The van der Waals surface area contributed by atoms with Crippen molar-refractivity contribution in [2.24, 2.45) is 37.0 Å². The molecule has 0 amide bonds. The Labute approximate surface area is 778 Å². The molecule has 19 aromatic rings. The van der Waals surface area contributed by atoms with Gasteiger partial charge in [0.05, 0.1) is 208 Å². The second-order valence-electron chi connectivity index (χ2n) is 29.6. The summed E-state index contributed by atoms with van der Waals surface area (Å²) in [5.41, 5.74) is 20.4. The van der Waals surface area contributed by atoms with Crippen LogP contribution >= 0.6 is 68.0 Å². The maximum absolute atomic E-state index is 5.23. The standard InChI is InChI=1S/C18H16N4S.2C17H18N4S.3C16H15N3OS/c1-12(18-21-13-7-3-5-9-15(13)22(18)2)19-11-17-20-14-8-4-6-10-16(14)23-17;1-12(17-14(21(2)3)8-6-10-18-17)19-11-16-20-13-7-4-5-9-15(13)22-16;1-12(14-9-8-13(10-19-14)21(2)3)18-11-17-20-15-6-4-5-7-16(15)22-17;1-11(13-5-3-4-8-17-13)18-10-16-19-14-9-12(20-2)6-7-15(14)21-16;1-11(13-5-3-4-8-17-13)18-10-16-19-14-7-6-12(20-2)9-15(14)21-16;1-11(14-9-12(20-2)7-8-17-14)18-10-16-19-13-5-3-4-6-15(13)21-16/h3-10H,11H2,1-2H3;2*4-10H,11H2,1-3H3;3*3-9H,10H2,1-2H3. The Morgan fingerprint density at radius 1 is 0.300 bits per heavy atom. The zero-order valence-corrected chi connectivity index (χ0v) is 79.5. The summed E-state index contributed by atoms with van der Waals surface area (Å²) in [4.78, 5) is 85.9.